The fraction of sp³-hybridized carbons (Fsp3) is 0.308. The predicted molar refractivity (Wildman–Crippen MR) is 84.2 cm³/mol. The van der Waals surface area contributed by atoms with Crippen molar-refractivity contribution in [2.45, 2.75) is 30.4 Å². The zero-order valence-corrected chi connectivity index (χ0v) is 13.1. The second-order valence-corrected chi connectivity index (χ2v) is 7.00. The maximum absolute atomic E-state index is 12.2. The zero-order chi connectivity index (χ0) is 14.7. The molecule has 0 radical (unpaired) electrons. The number of aromatic nitrogens is 2. The number of benzene rings is 1. The monoisotopic (exact) mass is 308 g/mol. The maximum atomic E-state index is 12.2. The first-order valence-corrected chi connectivity index (χ1v) is 7.79. The average molecular weight is 308 g/mol. The van der Waals surface area contributed by atoms with Crippen LogP contribution < -0.4 is 11.1 Å². The van der Waals surface area contributed by atoms with Crippen molar-refractivity contribution in [2.75, 3.05) is 11.1 Å². The van der Waals surface area contributed by atoms with Crippen molar-refractivity contribution in [3.8, 4) is 0 Å². The van der Waals surface area contributed by atoms with Gasteiger partial charge in [0.25, 0.3) is 0 Å². The average Bonchev–Trinajstić information content (AvgIpc) is 2.80. The number of nitrogens with one attached hydrogen (secondary N) is 1. The lowest BCUT2D eigenvalue weighted by Gasteiger charge is -2.13. The van der Waals surface area contributed by atoms with Gasteiger partial charge in [0, 0.05) is 5.69 Å². The zero-order valence-electron chi connectivity index (χ0n) is 11.5. The number of nitrogens with two attached hydrogens (primary N) is 1. The van der Waals surface area contributed by atoms with Crippen LogP contribution in [0.25, 0.3) is 0 Å². The van der Waals surface area contributed by atoms with Crippen LogP contribution in [0.4, 0.5) is 10.8 Å². The second kappa shape index (κ2) is 6.23. The summed E-state index contributed by atoms with van der Waals surface area (Å²) < 4.78 is 0.700. The number of carbonyl (C=O) groups is 1. The molecular formula is C13H16N4OS2. The highest BCUT2D eigenvalue weighted by atomic mass is 32.2. The molecule has 0 aliphatic carbocycles. The Balaban J connectivity index is 2.02. The topological polar surface area (TPSA) is 80.9 Å². The first kappa shape index (κ1) is 14.8. The van der Waals surface area contributed by atoms with Crippen molar-refractivity contribution in [1.29, 1.82) is 0 Å². The van der Waals surface area contributed by atoms with Crippen molar-refractivity contribution in [2.24, 2.45) is 0 Å². The number of nitrogen functional groups attached to an aromatic ring is 1. The molecule has 1 aromatic carbocycles. The molecule has 1 heterocycles. The third-order valence-corrected chi connectivity index (χ3v) is 4.87. The fourth-order valence-corrected chi connectivity index (χ4v) is 3.37. The Morgan fingerprint density at radius 3 is 2.80 bits per heavy atom. The van der Waals surface area contributed by atoms with E-state index in [1.807, 2.05) is 39.0 Å². The van der Waals surface area contributed by atoms with Gasteiger partial charge in [-0.15, -0.1) is 10.2 Å². The molecule has 0 aliphatic heterocycles. The molecule has 0 bridgehead atoms. The van der Waals surface area contributed by atoms with Gasteiger partial charge in [0.1, 0.15) is 0 Å². The van der Waals surface area contributed by atoms with E-state index in [1.165, 1.54) is 23.1 Å². The van der Waals surface area contributed by atoms with Gasteiger partial charge in [-0.1, -0.05) is 35.2 Å². The number of amides is 1. The summed E-state index contributed by atoms with van der Waals surface area (Å²) in [5.74, 6) is -0.0579. The van der Waals surface area contributed by atoms with Gasteiger partial charge in [0.2, 0.25) is 11.0 Å². The molecule has 5 nitrogen and oxygen atoms in total. The Hall–Kier alpha value is -1.60. The number of nitrogens with zero attached hydrogens (tertiary/aromatic N) is 2. The fourth-order valence-electron chi connectivity index (χ4n) is 1.59. The van der Waals surface area contributed by atoms with Crippen LogP contribution in [0.2, 0.25) is 0 Å². The lowest BCUT2D eigenvalue weighted by atomic mass is 10.1. The van der Waals surface area contributed by atoms with Gasteiger partial charge in [0.05, 0.1) is 5.25 Å². The smallest absolute Gasteiger partial charge is 0.237 e. The number of hydrogen-bond donors (Lipinski definition) is 2. The number of aryl methyl sites for hydroxylation is 1. The summed E-state index contributed by atoms with van der Waals surface area (Å²) in [6.45, 7) is 5.85. The third kappa shape index (κ3) is 3.49. The Morgan fingerprint density at radius 2 is 2.15 bits per heavy atom. The summed E-state index contributed by atoms with van der Waals surface area (Å²) in [6.07, 6.45) is 0. The third-order valence-electron chi connectivity index (χ3n) is 2.93. The van der Waals surface area contributed by atoms with E-state index in [0.29, 0.717) is 9.47 Å². The van der Waals surface area contributed by atoms with E-state index in [9.17, 15) is 4.79 Å². The van der Waals surface area contributed by atoms with Crippen LogP contribution in [0.5, 0.6) is 0 Å². The normalized spacial score (nSPS) is 12.2. The van der Waals surface area contributed by atoms with E-state index < -0.39 is 0 Å². The largest absolute Gasteiger partial charge is 0.374 e. The molecule has 3 N–H and O–H groups in total. The highest BCUT2D eigenvalue weighted by Crippen LogP contribution is 2.28. The van der Waals surface area contributed by atoms with Gasteiger partial charge in [0.15, 0.2) is 4.34 Å². The van der Waals surface area contributed by atoms with Crippen molar-refractivity contribution in [3.63, 3.8) is 0 Å². The van der Waals surface area contributed by atoms with Gasteiger partial charge >= 0.3 is 0 Å². The molecule has 0 unspecified atom stereocenters. The standard InChI is InChI=1S/C13H16N4OS2/c1-7-5-4-6-10(8(7)2)15-11(18)9(3)19-13-17-16-12(14)20-13/h4-6,9H,1-3H3,(H2,14,16)(H,15,18)/t9-/m1/s1. The molecule has 106 valence electrons. The van der Waals surface area contributed by atoms with Crippen LogP contribution >= 0.6 is 23.1 Å². The quantitative estimate of drug-likeness (QED) is 0.849. The molecular weight excluding hydrogens is 292 g/mol. The van der Waals surface area contributed by atoms with Gasteiger partial charge in [-0.25, -0.2) is 0 Å². The molecule has 2 aromatic rings. The Kier molecular flexibility index (Phi) is 4.61. The second-order valence-electron chi connectivity index (χ2n) is 4.40. The van der Waals surface area contributed by atoms with Crippen LogP contribution in [0.15, 0.2) is 22.5 Å². The van der Waals surface area contributed by atoms with Crippen LogP contribution in [-0.4, -0.2) is 21.4 Å². The van der Waals surface area contributed by atoms with Crippen molar-refractivity contribution in [3.05, 3.63) is 29.3 Å². The van der Waals surface area contributed by atoms with E-state index in [0.717, 1.165) is 16.8 Å². The molecule has 0 aliphatic rings. The predicted octanol–water partition coefficient (Wildman–Crippen LogP) is 2.86. The molecule has 1 amide bonds. The highest BCUT2D eigenvalue weighted by Gasteiger charge is 2.17. The molecule has 2 rings (SSSR count). The van der Waals surface area contributed by atoms with Crippen LogP contribution in [0.1, 0.15) is 18.1 Å². The molecule has 0 saturated heterocycles. The van der Waals surface area contributed by atoms with Crippen molar-refractivity contribution < 1.29 is 4.79 Å². The summed E-state index contributed by atoms with van der Waals surface area (Å²) in [5, 5.41) is 10.7. The summed E-state index contributed by atoms with van der Waals surface area (Å²) >= 11 is 2.64. The number of rotatable bonds is 4. The summed E-state index contributed by atoms with van der Waals surface area (Å²) in [7, 11) is 0. The van der Waals surface area contributed by atoms with Gasteiger partial charge in [-0.3, -0.25) is 4.79 Å². The van der Waals surface area contributed by atoms with E-state index in [2.05, 4.69) is 15.5 Å². The molecule has 20 heavy (non-hydrogen) atoms. The van der Waals surface area contributed by atoms with E-state index in [4.69, 9.17) is 5.73 Å². The minimum Gasteiger partial charge on any atom is -0.374 e. The van der Waals surface area contributed by atoms with Gasteiger partial charge in [-0.05, 0) is 38.0 Å². The molecule has 1 aromatic heterocycles. The molecule has 7 heteroatoms. The van der Waals surface area contributed by atoms with Crippen LogP contribution in [0.3, 0.4) is 0 Å². The van der Waals surface area contributed by atoms with E-state index in [1.54, 1.807) is 0 Å². The summed E-state index contributed by atoms with van der Waals surface area (Å²) in [4.78, 5) is 12.2. The first-order valence-electron chi connectivity index (χ1n) is 6.10. The number of anilines is 2. The van der Waals surface area contributed by atoms with Crippen molar-refractivity contribution in [1.82, 2.24) is 10.2 Å². The molecule has 1 atom stereocenters. The SMILES string of the molecule is Cc1cccc(NC(=O)[C@@H](C)Sc2nnc(N)s2)c1C. The first-order chi connectivity index (χ1) is 9.47. The lowest BCUT2D eigenvalue weighted by Crippen LogP contribution is -2.22. The summed E-state index contributed by atoms with van der Waals surface area (Å²) in [5.41, 5.74) is 8.60. The Morgan fingerprint density at radius 1 is 1.40 bits per heavy atom. The minimum atomic E-state index is -0.262. The summed E-state index contributed by atoms with van der Waals surface area (Å²) in [6, 6.07) is 5.86. The number of hydrogen-bond acceptors (Lipinski definition) is 6. The molecule has 0 spiro atoms. The van der Waals surface area contributed by atoms with Crippen LogP contribution in [0, 0.1) is 13.8 Å². The van der Waals surface area contributed by atoms with Gasteiger partial charge in [-0.2, -0.15) is 0 Å². The highest BCUT2D eigenvalue weighted by molar-refractivity contribution is 8.02. The minimum absolute atomic E-state index is 0.0579. The van der Waals surface area contributed by atoms with Crippen LogP contribution in [-0.2, 0) is 4.79 Å². The van der Waals surface area contributed by atoms with E-state index in [-0.39, 0.29) is 11.2 Å². The Labute approximate surface area is 126 Å². The van der Waals surface area contributed by atoms with Crippen molar-refractivity contribution >= 4 is 39.8 Å². The van der Waals surface area contributed by atoms with Gasteiger partial charge < -0.3 is 11.1 Å². The number of carbonyl (C=O) groups excluding carboxylic acids is 1. The maximum Gasteiger partial charge on any atom is 0.237 e. The number of thioether (sulfide) groups is 1. The molecule has 0 fully saturated rings. The molecule has 0 saturated carbocycles. The lowest BCUT2D eigenvalue weighted by molar-refractivity contribution is -0.115. The van der Waals surface area contributed by atoms with E-state index >= 15 is 0 Å². The Bertz CT molecular complexity index is 627.